The molecular formula is C8H10FNS. The molecule has 0 radical (unpaired) electrons. The molecule has 1 heterocycles. The topological polar surface area (TPSA) is 26.0 Å². The summed E-state index contributed by atoms with van der Waals surface area (Å²) in [6.45, 7) is 0. The normalized spacial score (nSPS) is 20.2. The van der Waals surface area contributed by atoms with Crippen LogP contribution in [0.2, 0.25) is 0 Å². The summed E-state index contributed by atoms with van der Waals surface area (Å²) in [5.41, 5.74) is 5.86. The van der Waals surface area contributed by atoms with Crippen LogP contribution in [0.3, 0.4) is 0 Å². The van der Waals surface area contributed by atoms with Gasteiger partial charge >= 0.3 is 0 Å². The van der Waals surface area contributed by atoms with Crippen LogP contribution in [0.1, 0.15) is 23.8 Å². The van der Waals surface area contributed by atoms with Gasteiger partial charge in [-0.2, -0.15) is 4.39 Å². The Morgan fingerprint density at radius 3 is 2.73 bits per heavy atom. The summed E-state index contributed by atoms with van der Waals surface area (Å²) in [5.74, 6) is 0.619. The molecule has 60 valence electrons. The molecule has 0 aliphatic heterocycles. The van der Waals surface area contributed by atoms with E-state index in [1.165, 1.54) is 30.2 Å². The SMILES string of the molecule is NC(c1ccc(F)s1)C1CC1. The molecule has 1 atom stereocenters. The van der Waals surface area contributed by atoms with E-state index in [0.717, 1.165) is 4.88 Å². The van der Waals surface area contributed by atoms with Crippen molar-refractivity contribution in [1.29, 1.82) is 0 Å². The summed E-state index contributed by atoms with van der Waals surface area (Å²) in [6.07, 6.45) is 2.42. The summed E-state index contributed by atoms with van der Waals surface area (Å²) < 4.78 is 12.5. The first-order valence-corrected chi connectivity index (χ1v) is 4.60. The fourth-order valence-electron chi connectivity index (χ4n) is 1.20. The molecule has 0 spiro atoms. The zero-order valence-corrected chi connectivity index (χ0v) is 6.90. The maximum atomic E-state index is 12.5. The molecular weight excluding hydrogens is 161 g/mol. The minimum Gasteiger partial charge on any atom is -0.323 e. The van der Waals surface area contributed by atoms with Gasteiger partial charge in [0.1, 0.15) is 0 Å². The van der Waals surface area contributed by atoms with Crippen LogP contribution in [0, 0.1) is 11.0 Å². The molecule has 0 bridgehead atoms. The van der Waals surface area contributed by atoms with Crippen LogP contribution < -0.4 is 5.73 Å². The highest BCUT2D eigenvalue weighted by Gasteiger charge is 2.30. The Bertz CT molecular complexity index is 254. The molecule has 11 heavy (non-hydrogen) atoms. The van der Waals surface area contributed by atoms with Crippen molar-refractivity contribution in [2.75, 3.05) is 0 Å². The minimum absolute atomic E-state index is 0.0875. The Kier molecular flexibility index (Phi) is 1.69. The largest absolute Gasteiger partial charge is 0.323 e. The van der Waals surface area contributed by atoms with Gasteiger partial charge in [-0.05, 0) is 30.9 Å². The standard InChI is InChI=1S/C8H10FNS/c9-7-4-3-6(11-7)8(10)5-1-2-5/h3-5,8H,1-2,10H2. The summed E-state index contributed by atoms with van der Waals surface area (Å²) in [7, 11) is 0. The second-order valence-electron chi connectivity index (χ2n) is 3.01. The molecule has 0 saturated heterocycles. The number of halogens is 1. The fourth-order valence-corrected chi connectivity index (χ4v) is 2.02. The van der Waals surface area contributed by atoms with E-state index < -0.39 is 0 Å². The number of hydrogen-bond acceptors (Lipinski definition) is 2. The predicted octanol–water partition coefficient (Wildman–Crippen LogP) is 2.30. The third-order valence-electron chi connectivity index (χ3n) is 2.05. The number of rotatable bonds is 2. The Morgan fingerprint density at radius 2 is 2.27 bits per heavy atom. The molecule has 1 nitrogen and oxygen atoms in total. The van der Waals surface area contributed by atoms with E-state index in [2.05, 4.69) is 0 Å². The van der Waals surface area contributed by atoms with Gasteiger partial charge in [0.2, 0.25) is 0 Å². The Balaban J connectivity index is 2.14. The third-order valence-corrected chi connectivity index (χ3v) is 3.03. The van der Waals surface area contributed by atoms with Crippen LogP contribution >= 0.6 is 11.3 Å². The maximum absolute atomic E-state index is 12.5. The van der Waals surface area contributed by atoms with Crippen LogP contribution in [-0.2, 0) is 0 Å². The molecule has 1 unspecified atom stereocenters. The molecule has 1 fully saturated rings. The summed E-state index contributed by atoms with van der Waals surface area (Å²) in [6, 6.07) is 3.37. The van der Waals surface area contributed by atoms with Crippen LogP contribution in [0.5, 0.6) is 0 Å². The molecule has 2 rings (SSSR count). The van der Waals surface area contributed by atoms with Gasteiger partial charge in [-0.25, -0.2) is 0 Å². The first kappa shape index (κ1) is 7.25. The van der Waals surface area contributed by atoms with Crippen molar-refractivity contribution < 1.29 is 4.39 Å². The lowest BCUT2D eigenvalue weighted by Gasteiger charge is -2.05. The van der Waals surface area contributed by atoms with Crippen molar-refractivity contribution in [1.82, 2.24) is 0 Å². The van der Waals surface area contributed by atoms with E-state index in [-0.39, 0.29) is 11.2 Å². The van der Waals surface area contributed by atoms with Crippen molar-refractivity contribution in [3.8, 4) is 0 Å². The van der Waals surface area contributed by atoms with Gasteiger partial charge in [-0.15, -0.1) is 11.3 Å². The average molecular weight is 171 g/mol. The molecule has 1 aromatic rings. The van der Waals surface area contributed by atoms with Gasteiger partial charge in [0.25, 0.3) is 0 Å². The first-order valence-electron chi connectivity index (χ1n) is 3.78. The zero-order valence-electron chi connectivity index (χ0n) is 6.09. The molecule has 1 aromatic heterocycles. The Hall–Kier alpha value is -0.410. The third kappa shape index (κ3) is 1.44. The van der Waals surface area contributed by atoms with Crippen LogP contribution in [0.4, 0.5) is 4.39 Å². The van der Waals surface area contributed by atoms with Gasteiger partial charge in [-0.1, -0.05) is 0 Å². The second kappa shape index (κ2) is 2.57. The van der Waals surface area contributed by atoms with E-state index in [9.17, 15) is 4.39 Å². The van der Waals surface area contributed by atoms with Crippen molar-refractivity contribution in [3.63, 3.8) is 0 Å². The zero-order chi connectivity index (χ0) is 7.84. The molecule has 0 aromatic carbocycles. The summed E-state index contributed by atoms with van der Waals surface area (Å²) in [4.78, 5) is 0.991. The predicted molar refractivity (Wildman–Crippen MR) is 43.9 cm³/mol. The van der Waals surface area contributed by atoms with Crippen LogP contribution in [0.25, 0.3) is 0 Å². The Labute approximate surface area is 69.0 Å². The van der Waals surface area contributed by atoms with Gasteiger partial charge < -0.3 is 5.73 Å². The number of thiophene rings is 1. The molecule has 1 aliphatic carbocycles. The van der Waals surface area contributed by atoms with E-state index in [4.69, 9.17) is 5.73 Å². The molecule has 1 aliphatic rings. The second-order valence-corrected chi connectivity index (χ2v) is 4.07. The highest BCUT2D eigenvalue weighted by molar-refractivity contribution is 7.10. The lowest BCUT2D eigenvalue weighted by atomic mass is 10.2. The van der Waals surface area contributed by atoms with Crippen LogP contribution in [-0.4, -0.2) is 0 Å². The van der Waals surface area contributed by atoms with Crippen LogP contribution in [0.15, 0.2) is 12.1 Å². The lowest BCUT2D eigenvalue weighted by Crippen LogP contribution is -2.10. The molecule has 3 heteroatoms. The van der Waals surface area contributed by atoms with Gasteiger partial charge in [-0.3, -0.25) is 0 Å². The van der Waals surface area contributed by atoms with Gasteiger partial charge in [0.05, 0.1) is 0 Å². The number of nitrogens with two attached hydrogens (primary N) is 1. The van der Waals surface area contributed by atoms with Crippen molar-refractivity contribution in [3.05, 3.63) is 22.1 Å². The summed E-state index contributed by atoms with van der Waals surface area (Å²) >= 11 is 1.17. The smallest absolute Gasteiger partial charge is 0.176 e. The van der Waals surface area contributed by atoms with Gasteiger partial charge in [0.15, 0.2) is 5.13 Å². The lowest BCUT2D eigenvalue weighted by molar-refractivity contribution is 0.644. The van der Waals surface area contributed by atoms with Gasteiger partial charge in [0, 0.05) is 10.9 Å². The molecule has 2 N–H and O–H groups in total. The first-order chi connectivity index (χ1) is 5.27. The molecule has 1 saturated carbocycles. The highest BCUT2D eigenvalue weighted by atomic mass is 32.1. The van der Waals surface area contributed by atoms with Crippen molar-refractivity contribution >= 4 is 11.3 Å². The minimum atomic E-state index is -0.129. The fraction of sp³-hybridized carbons (Fsp3) is 0.500. The average Bonchev–Trinajstić information content (AvgIpc) is 2.74. The van der Waals surface area contributed by atoms with E-state index in [1.807, 2.05) is 0 Å². The highest BCUT2D eigenvalue weighted by Crippen LogP contribution is 2.40. The van der Waals surface area contributed by atoms with E-state index in [1.54, 1.807) is 6.07 Å². The van der Waals surface area contributed by atoms with Crippen molar-refractivity contribution in [2.24, 2.45) is 11.7 Å². The van der Waals surface area contributed by atoms with E-state index >= 15 is 0 Å². The monoisotopic (exact) mass is 171 g/mol. The van der Waals surface area contributed by atoms with E-state index in [0.29, 0.717) is 5.92 Å². The maximum Gasteiger partial charge on any atom is 0.176 e. The summed E-state index contributed by atoms with van der Waals surface area (Å²) in [5, 5.41) is -0.129. The van der Waals surface area contributed by atoms with Crippen molar-refractivity contribution in [2.45, 2.75) is 18.9 Å². The quantitative estimate of drug-likeness (QED) is 0.726. The Morgan fingerprint density at radius 1 is 1.55 bits per heavy atom. The number of hydrogen-bond donors (Lipinski definition) is 1. The molecule has 0 amide bonds.